The van der Waals surface area contributed by atoms with Crippen LogP contribution in [0.25, 0.3) is 6.08 Å². The van der Waals surface area contributed by atoms with E-state index in [1.165, 1.54) is 18.2 Å². The number of allylic oxidation sites excluding steroid dienone is 1. The van der Waals surface area contributed by atoms with Crippen molar-refractivity contribution < 1.29 is 18.3 Å². The molecule has 2 nitrogen and oxygen atoms in total. The van der Waals surface area contributed by atoms with Crippen LogP contribution in [0.15, 0.2) is 18.2 Å². The number of hydrogen-bond acceptors (Lipinski definition) is 2. The van der Waals surface area contributed by atoms with Gasteiger partial charge >= 0.3 is 0 Å². The van der Waals surface area contributed by atoms with E-state index in [1.807, 2.05) is 0 Å². The molecule has 0 spiro atoms. The number of hydrogen-bond donors (Lipinski definition) is 0. The molecule has 1 fully saturated rings. The summed E-state index contributed by atoms with van der Waals surface area (Å²) in [7, 11) is 0. The van der Waals surface area contributed by atoms with Gasteiger partial charge in [0.25, 0.3) is 0 Å². The maximum Gasteiger partial charge on any atom is 0.201 e. The van der Waals surface area contributed by atoms with Crippen molar-refractivity contribution in [2.45, 2.75) is 25.9 Å². The van der Waals surface area contributed by atoms with Crippen molar-refractivity contribution in [3.63, 3.8) is 0 Å². The summed E-state index contributed by atoms with van der Waals surface area (Å²) >= 11 is 0. The first-order chi connectivity index (χ1) is 8.72. The predicted octanol–water partition coefficient (Wildman–Crippen LogP) is 3.56. The van der Waals surface area contributed by atoms with E-state index in [1.54, 1.807) is 13.0 Å². The maximum atomic E-state index is 13.7. The quantitative estimate of drug-likeness (QED) is 0.818. The lowest BCUT2D eigenvalue weighted by Gasteiger charge is -2.12. The maximum absolute atomic E-state index is 13.7. The number of rotatable bonds is 4. The molecule has 1 saturated heterocycles. The summed E-state index contributed by atoms with van der Waals surface area (Å²) in [6, 6.07) is 2.95. The molecule has 0 aliphatic carbocycles. The highest BCUT2D eigenvalue weighted by Crippen LogP contribution is 2.24. The number of ether oxygens (including phenoxy) is 2. The Morgan fingerprint density at radius 3 is 2.89 bits per heavy atom. The third kappa shape index (κ3) is 2.88. The van der Waals surface area contributed by atoms with Crippen molar-refractivity contribution >= 4 is 6.08 Å². The van der Waals surface area contributed by atoms with Gasteiger partial charge in [-0.3, -0.25) is 0 Å². The second-order valence-corrected chi connectivity index (χ2v) is 4.23. The van der Waals surface area contributed by atoms with E-state index in [9.17, 15) is 8.78 Å². The van der Waals surface area contributed by atoms with Crippen LogP contribution in [0.4, 0.5) is 8.78 Å². The topological polar surface area (TPSA) is 18.5 Å². The van der Waals surface area contributed by atoms with Crippen molar-refractivity contribution in [2.75, 3.05) is 13.2 Å². The Hall–Kier alpha value is -1.42. The van der Waals surface area contributed by atoms with Gasteiger partial charge < -0.3 is 9.47 Å². The monoisotopic (exact) mass is 254 g/mol. The van der Waals surface area contributed by atoms with Gasteiger partial charge in [0.2, 0.25) is 5.82 Å². The van der Waals surface area contributed by atoms with Crippen LogP contribution in [-0.4, -0.2) is 19.3 Å². The lowest BCUT2D eigenvalue weighted by atomic mass is 10.2. The Morgan fingerprint density at radius 1 is 1.39 bits per heavy atom. The molecular weight excluding hydrogens is 238 g/mol. The van der Waals surface area contributed by atoms with E-state index in [4.69, 9.17) is 9.47 Å². The number of benzene rings is 1. The molecule has 1 atom stereocenters. The molecule has 0 radical (unpaired) electrons. The lowest BCUT2D eigenvalue weighted by molar-refractivity contribution is 0.0663. The second kappa shape index (κ2) is 5.96. The largest absolute Gasteiger partial charge is 0.488 e. The first-order valence-corrected chi connectivity index (χ1v) is 6.07. The zero-order valence-electron chi connectivity index (χ0n) is 10.3. The minimum atomic E-state index is -0.941. The van der Waals surface area contributed by atoms with E-state index in [2.05, 4.69) is 0 Å². The highest BCUT2D eigenvalue weighted by Gasteiger charge is 2.18. The summed E-state index contributed by atoms with van der Waals surface area (Å²) in [6.07, 6.45) is 5.06. The zero-order chi connectivity index (χ0) is 13.0. The molecule has 0 saturated carbocycles. The van der Waals surface area contributed by atoms with Crippen molar-refractivity contribution in [1.82, 2.24) is 0 Å². The Morgan fingerprint density at radius 2 is 2.22 bits per heavy atom. The molecule has 1 unspecified atom stereocenters. The molecule has 0 amide bonds. The predicted molar refractivity (Wildman–Crippen MR) is 65.5 cm³/mol. The molecule has 0 bridgehead atoms. The Labute approximate surface area is 105 Å². The zero-order valence-corrected chi connectivity index (χ0v) is 10.3. The fourth-order valence-corrected chi connectivity index (χ4v) is 1.92. The first-order valence-electron chi connectivity index (χ1n) is 6.07. The summed E-state index contributed by atoms with van der Waals surface area (Å²) in [4.78, 5) is 0. The van der Waals surface area contributed by atoms with Gasteiger partial charge in [0, 0.05) is 12.2 Å². The average molecular weight is 254 g/mol. The third-order valence-electron chi connectivity index (χ3n) is 2.87. The van der Waals surface area contributed by atoms with Gasteiger partial charge in [0.1, 0.15) is 6.61 Å². The second-order valence-electron chi connectivity index (χ2n) is 4.23. The molecule has 1 aliphatic rings. The van der Waals surface area contributed by atoms with Crippen LogP contribution >= 0.6 is 0 Å². The van der Waals surface area contributed by atoms with Gasteiger partial charge in [-0.2, -0.15) is 4.39 Å². The third-order valence-corrected chi connectivity index (χ3v) is 2.87. The Balaban J connectivity index is 2.06. The van der Waals surface area contributed by atoms with Crippen LogP contribution < -0.4 is 4.74 Å². The van der Waals surface area contributed by atoms with Crippen LogP contribution in [0.1, 0.15) is 25.3 Å². The van der Waals surface area contributed by atoms with Crippen molar-refractivity contribution in [2.24, 2.45) is 0 Å². The van der Waals surface area contributed by atoms with E-state index in [-0.39, 0.29) is 24.0 Å². The molecule has 18 heavy (non-hydrogen) atoms. The lowest BCUT2D eigenvalue weighted by Crippen LogP contribution is -2.17. The van der Waals surface area contributed by atoms with Gasteiger partial charge in [-0.15, -0.1) is 0 Å². The van der Waals surface area contributed by atoms with Gasteiger partial charge in [-0.1, -0.05) is 12.2 Å². The Kier molecular flexibility index (Phi) is 4.31. The van der Waals surface area contributed by atoms with E-state index in [0.29, 0.717) is 6.61 Å². The van der Waals surface area contributed by atoms with Crippen LogP contribution in [-0.2, 0) is 4.74 Å². The first kappa shape index (κ1) is 13.0. The van der Waals surface area contributed by atoms with Gasteiger partial charge in [-0.25, -0.2) is 4.39 Å². The van der Waals surface area contributed by atoms with Gasteiger partial charge in [0.05, 0.1) is 6.10 Å². The Bertz CT molecular complexity index is 438. The highest BCUT2D eigenvalue weighted by atomic mass is 19.2. The van der Waals surface area contributed by atoms with E-state index in [0.717, 1.165) is 12.8 Å². The van der Waals surface area contributed by atoms with Crippen molar-refractivity contribution in [1.29, 1.82) is 0 Å². The van der Waals surface area contributed by atoms with Crippen LogP contribution in [0.3, 0.4) is 0 Å². The standard InChI is InChI=1S/C14H16F2O2/c1-2-4-10-6-7-12(14(16)13(10)15)18-9-11-5-3-8-17-11/h2,4,6-7,11H,3,5,8-9H2,1H3. The van der Waals surface area contributed by atoms with Gasteiger partial charge in [0.15, 0.2) is 11.6 Å². The molecule has 2 rings (SSSR count). The summed E-state index contributed by atoms with van der Waals surface area (Å²) in [5.41, 5.74) is 0.222. The summed E-state index contributed by atoms with van der Waals surface area (Å²) in [6.45, 7) is 2.73. The van der Waals surface area contributed by atoms with Crippen LogP contribution in [0.2, 0.25) is 0 Å². The van der Waals surface area contributed by atoms with Crippen molar-refractivity contribution in [3.8, 4) is 5.75 Å². The smallest absolute Gasteiger partial charge is 0.201 e. The number of halogens is 2. The van der Waals surface area contributed by atoms with Crippen LogP contribution in [0.5, 0.6) is 5.75 Å². The van der Waals surface area contributed by atoms with E-state index >= 15 is 0 Å². The minimum absolute atomic E-state index is 0.0114. The van der Waals surface area contributed by atoms with Crippen LogP contribution in [0, 0.1) is 11.6 Å². The average Bonchev–Trinajstić information content (AvgIpc) is 2.87. The SMILES string of the molecule is CC=Cc1ccc(OCC2CCCO2)c(F)c1F. The molecule has 1 aliphatic heterocycles. The fourth-order valence-electron chi connectivity index (χ4n) is 1.92. The molecule has 98 valence electrons. The highest BCUT2D eigenvalue weighted by molar-refractivity contribution is 5.51. The molecule has 1 heterocycles. The summed E-state index contributed by atoms with van der Waals surface area (Å²) < 4.78 is 37.9. The fraction of sp³-hybridized carbons (Fsp3) is 0.429. The normalized spacial score (nSPS) is 19.6. The molecular formula is C14H16F2O2. The van der Waals surface area contributed by atoms with E-state index < -0.39 is 11.6 Å². The molecule has 0 aromatic heterocycles. The summed E-state index contributed by atoms with van der Waals surface area (Å²) in [5.74, 6) is -1.88. The minimum Gasteiger partial charge on any atom is -0.488 e. The molecule has 4 heteroatoms. The summed E-state index contributed by atoms with van der Waals surface area (Å²) in [5, 5.41) is 0. The molecule has 1 aromatic rings. The van der Waals surface area contributed by atoms with Gasteiger partial charge in [-0.05, 0) is 31.9 Å². The molecule has 0 N–H and O–H groups in total. The van der Waals surface area contributed by atoms with Crippen molar-refractivity contribution in [3.05, 3.63) is 35.4 Å². The molecule has 1 aromatic carbocycles.